The van der Waals surface area contributed by atoms with Crippen molar-refractivity contribution in [3.05, 3.63) is 35.8 Å². The Hall–Kier alpha value is -2.69. The number of amides is 2. The minimum atomic E-state index is -4.98. The lowest BCUT2D eigenvalue weighted by Crippen LogP contribution is -2.48. The van der Waals surface area contributed by atoms with E-state index in [1.54, 1.807) is 6.07 Å². The number of aromatic nitrogens is 1. The molecule has 1 unspecified atom stereocenters. The summed E-state index contributed by atoms with van der Waals surface area (Å²) in [5.41, 5.74) is 6.26. The summed E-state index contributed by atoms with van der Waals surface area (Å²) in [4.78, 5) is 30.3. The van der Waals surface area contributed by atoms with Crippen LogP contribution >= 0.6 is 11.3 Å². The Kier molecular flexibility index (Phi) is 4.72. The summed E-state index contributed by atoms with van der Waals surface area (Å²) >= 11 is 1.03. The molecule has 1 saturated heterocycles. The average Bonchev–Trinajstić information content (AvgIpc) is 3.13. The number of carbonyl (C=O) groups is 2. The number of thiazole rings is 1. The molecule has 4 rings (SSSR count). The Balaban J connectivity index is 1.58. The summed E-state index contributed by atoms with van der Waals surface area (Å²) in [6.45, 7) is -0.300. The fourth-order valence-corrected chi connectivity index (χ4v) is 4.62. The van der Waals surface area contributed by atoms with Gasteiger partial charge in [0.25, 0.3) is 5.91 Å². The van der Waals surface area contributed by atoms with Crippen LogP contribution in [0, 0.1) is 11.7 Å². The van der Waals surface area contributed by atoms with E-state index in [0.29, 0.717) is 16.9 Å². The smallest absolute Gasteiger partial charge is 0.375 e. The van der Waals surface area contributed by atoms with Gasteiger partial charge in [-0.05, 0) is 36.5 Å². The number of nitrogens with two attached hydrogens (primary N) is 1. The molecular formula is C18H16F4N4O2S. The highest BCUT2D eigenvalue weighted by atomic mass is 32.1. The van der Waals surface area contributed by atoms with Crippen LogP contribution in [0.1, 0.15) is 23.3 Å². The third kappa shape index (κ3) is 3.78. The number of halogens is 4. The molecule has 0 spiro atoms. The lowest BCUT2D eigenvalue weighted by molar-refractivity contribution is -0.173. The number of nitrogens with zero attached hydrogens (tertiary/aromatic N) is 2. The van der Waals surface area contributed by atoms with Gasteiger partial charge >= 0.3 is 12.1 Å². The van der Waals surface area contributed by atoms with Crippen molar-refractivity contribution < 1.29 is 27.2 Å². The molecule has 1 aromatic carbocycles. The summed E-state index contributed by atoms with van der Waals surface area (Å²) in [6, 6.07) is 4.98. The van der Waals surface area contributed by atoms with E-state index in [9.17, 15) is 27.2 Å². The van der Waals surface area contributed by atoms with Gasteiger partial charge in [0.2, 0.25) is 0 Å². The van der Waals surface area contributed by atoms with Crippen molar-refractivity contribution in [1.29, 1.82) is 0 Å². The standard InChI is InChI=1S/C18H16F4N4O2S/c19-10-3-1-2-8(4-10)14-13(25-17(23)29-14)15(27)26-11(5-9-6-12(9)26)7-24-16(28)18(20,21)22/h1-4,9,11-12H,5-7H2,(H2,23,25)(H,24,28)/t9-,11+,12?/m1/s1. The first-order valence-corrected chi connectivity index (χ1v) is 9.66. The van der Waals surface area contributed by atoms with Gasteiger partial charge in [0.1, 0.15) is 11.5 Å². The third-order valence-electron chi connectivity index (χ3n) is 5.13. The number of carbonyl (C=O) groups excluding carboxylic acids is 2. The lowest BCUT2D eigenvalue weighted by Gasteiger charge is -2.27. The number of rotatable bonds is 4. The molecule has 0 bridgehead atoms. The highest BCUT2D eigenvalue weighted by molar-refractivity contribution is 7.19. The number of benzene rings is 1. The van der Waals surface area contributed by atoms with Gasteiger partial charge in [0.05, 0.1) is 10.9 Å². The van der Waals surface area contributed by atoms with Crippen LogP contribution in [0.5, 0.6) is 0 Å². The summed E-state index contributed by atoms with van der Waals surface area (Å²) in [5.74, 6) is -2.80. The summed E-state index contributed by atoms with van der Waals surface area (Å²) in [5, 5.41) is 1.98. The second-order valence-electron chi connectivity index (χ2n) is 7.11. The zero-order chi connectivity index (χ0) is 20.9. The van der Waals surface area contributed by atoms with Crippen LogP contribution in [0.3, 0.4) is 0 Å². The molecule has 11 heteroatoms. The molecule has 2 fully saturated rings. The van der Waals surface area contributed by atoms with E-state index < -0.39 is 29.8 Å². The number of alkyl halides is 3. The van der Waals surface area contributed by atoms with E-state index in [0.717, 1.165) is 17.8 Å². The van der Waals surface area contributed by atoms with Crippen LogP contribution in [-0.2, 0) is 4.79 Å². The van der Waals surface area contributed by atoms with Crippen LogP contribution in [-0.4, -0.2) is 46.5 Å². The van der Waals surface area contributed by atoms with Crippen LogP contribution < -0.4 is 11.1 Å². The average molecular weight is 428 g/mol. The molecule has 2 amide bonds. The topological polar surface area (TPSA) is 88.3 Å². The number of hydrogen-bond donors (Lipinski definition) is 2. The largest absolute Gasteiger partial charge is 0.471 e. The molecule has 29 heavy (non-hydrogen) atoms. The van der Waals surface area contributed by atoms with Crippen molar-refractivity contribution in [3.8, 4) is 10.4 Å². The molecule has 3 atom stereocenters. The molecular weight excluding hydrogens is 412 g/mol. The van der Waals surface area contributed by atoms with Crippen molar-refractivity contribution >= 4 is 28.3 Å². The summed E-state index contributed by atoms with van der Waals surface area (Å²) < 4.78 is 51.0. The van der Waals surface area contributed by atoms with E-state index in [-0.39, 0.29) is 29.3 Å². The quantitative estimate of drug-likeness (QED) is 0.733. The second-order valence-corrected chi connectivity index (χ2v) is 8.14. The first kappa shape index (κ1) is 19.6. The van der Waals surface area contributed by atoms with Gasteiger partial charge in [-0.15, -0.1) is 0 Å². The fourth-order valence-electron chi connectivity index (χ4n) is 3.80. The van der Waals surface area contributed by atoms with Gasteiger partial charge in [-0.25, -0.2) is 9.37 Å². The van der Waals surface area contributed by atoms with Crippen molar-refractivity contribution in [1.82, 2.24) is 15.2 Å². The van der Waals surface area contributed by atoms with Gasteiger partial charge in [-0.3, -0.25) is 9.59 Å². The molecule has 3 N–H and O–H groups in total. The maximum absolute atomic E-state index is 13.6. The van der Waals surface area contributed by atoms with Crippen molar-refractivity contribution in [2.75, 3.05) is 12.3 Å². The molecule has 1 saturated carbocycles. The van der Waals surface area contributed by atoms with Crippen LogP contribution in [0.15, 0.2) is 24.3 Å². The lowest BCUT2D eigenvalue weighted by atomic mass is 10.1. The molecule has 1 aliphatic heterocycles. The predicted molar refractivity (Wildman–Crippen MR) is 97.5 cm³/mol. The molecule has 1 aliphatic carbocycles. The number of fused-ring (bicyclic) bond motifs is 1. The molecule has 0 radical (unpaired) electrons. The zero-order valence-corrected chi connectivity index (χ0v) is 15.7. The molecule has 2 heterocycles. The van der Waals surface area contributed by atoms with Gasteiger partial charge in [0, 0.05) is 12.6 Å². The Morgan fingerprint density at radius 2 is 2.07 bits per heavy atom. The van der Waals surface area contributed by atoms with Gasteiger partial charge < -0.3 is 16.0 Å². The third-order valence-corrected chi connectivity index (χ3v) is 6.07. The van der Waals surface area contributed by atoms with Crippen molar-refractivity contribution in [2.24, 2.45) is 5.92 Å². The van der Waals surface area contributed by atoms with E-state index >= 15 is 0 Å². The van der Waals surface area contributed by atoms with E-state index in [1.807, 2.05) is 5.32 Å². The minimum absolute atomic E-state index is 0.0396. The predicted octanol–water partition coefficient (Wildman–Crippen LogP) is 2.81. The number of hydrogen-bond acceptors (Lipinski definition) is 5. The first-order chi connectivity index (χ1) is 13.6. The number of anilines is 1. The van der Waals surface area contributed by atoms with Gasteiger partial charge in [-0.2, -0.15) is 13.2 Å². The highest BCUT2D eigenvalue weighted by Crippen LogP contribution is 2.49. The number of likely N-dealkylation sites (tertiary alicyclic amines) is 1. The van der Waals surface area contributed by atoms with E-state index in [2.05, 4.69) is 4.98 Å². The van der Waals surface area contributed by atoms with E-state index in [4.69, 9.17) is 5.73 Å². The minimum Gasteiger partial charge on any atom is -0.375 e. The van der Waals surface area contributed by atoms with Crippen LogP contribution in [0.25, 0.3) is 10.4 Å². The first-order valence-electron chi connectivity index (χ1n) is 8.85. The monoisotopic (exact) mass is 428 g/mol. The number of nitrogen functional groups attached to an aromatic ring is 1. The highest BCUT2D eigenvalue weighted by Gasteiger charge is 2.54. The van der Waals surface area contributed by atoms with Crippen molar-refractivity contribution in [2.45, 2.75) is 31.1 Å². The van der Waals surface area contributed by atoms with E-state index in [1.165, 1.54) is 23.1 Å². The summed E-state index contributed by atoms with van der Waals surface area (Å²) in [6.07, 6.45) is -3.72. The molecule has 2 aliphatic rings. The molecule has 154 valence electrons. The maximum atomic E-state index is 13.6. The zero-order valence-electron chi connectivity index (χ0n) is 14.9. The molecule has 6 nitrogen and oxygen atoms in total. The van der Waals surface area contributed by atoms with Crippen LogP contribution in [0.2, 0.25) is 0 Å². The number of nitrogens with one attached hydrogen (secondary N) is 1. The summed E-state index contributed by atoms with van der Waals surface area (Å²) in [7, 11) is 0. The second kappa shape index (κ2) is 6.97. The Bertz CT molecular complexity index is 977. The van der Waals surface area contributed by atoms with Gasteiger partial charge in [-0.1, -0.05) is 23.5 Å². The fraction of sp³-hybridized carbons (Fsp3) is 0.389. The SMILES string of the molecule is Nc1nc(C(=O)N2C3C[C@H]3C[C@H]2CNC(=O)C(F)(F)F)c(-c2cccc(F)c2)s1. The molecule has 2 aromatic rings. The Labute approximate surface area is 166 Å². The van der Waals surface area contributed by atoms with Gasteiger partial charge in [0.15, 0.2) is 5.13 Å². The Morgan fingerprint density at radius 3 is 2.76 bits per heavy atom. The Morgan fingerprint density at radius 1 is 1.31 bits per heavy atom. The number of piperidine rings is 1. The van der Waals surface area contributed by atoms with Crippen molar-refractivity contribution in [3.63, 3.8) is 0 Å². The van der Waals surface area contributed by atoms with Crippen LogP contribution in [0.4, 0.5) is 22.7 Å². The normalized spacial score (nSPS) is 23.0. The molecule has 1 aromatic heterocycles. The maximum Gasteiger partial charge on any atom is 0.471 e.